The molecule has 0 saturated heterocycles. The van der Waals surface area contributed by atoms with Gasteiger partial charge in [-0.3, -0.25) is 19.6 Å². The maximum atomic E-state index is 12.2. The lowest BCUT2D eigenvalue weighted by Gasteiger charge is -2.18. The van der Waals surface area contributed by atoms with Gasteiger partial charge in [0.05, 0.1) is 0 Å². The van der Waals surface area contributed by atoms with E-state index in [0.717, 1.165) is 5.56 Å². The minimum atomic E-state index is -0.826. The Kier molecular flexibility index (Phi) is 8.21. The van der Waals surface area contributed by atoms with Gasteiger partial charge >= 0.3 is 0 Å². The molecule has 0 heterocycles. The van der Waals surface area contributed by atoms with Gasteiger partial charge in [0.1, 0.15) is 6.04 Å². The third-order valence-corrected chi connectivity index (χ3v) is 3.90. The third kappa shape index (κ3) is 6.97. The Morgan fingerprint density at radius 3 is 2.42 bits per heavy atom. The normalized spacial score (nSPS) is 13.0. The van der Waals surface area contributed by atoms with Gasteiger partial charge in [-0.2, -0.15) is 0 Å². The van der Waals surface area contributed by atoms with Gasteiger partial charge in [-0.1, -0.05) is 23.7 Å². The Labute approximate surface area is 145 Å². The van der Waals surface area contributed by atoms with Crippen LogP contribution in [-0.4, -0.2) is 29.0 Å². The summed E-state index contributed by atoms with van der Waals surface area (Å²) in [5.41, 5.74) is 7.70. The zero-order valence-corrected chi connectivity index (χ0v) is 14.2. The molecule has 0 aliphatic heterocycles. The first-order valence-electron chi connectivity index (χ1n) is 7.60. The lowest BCUT2D eigenvalue weighted by molar-refractivity contribution is -0.136. The molecule has 2 atom stereocenters. The minimum absolute atomic E-state index is 0.172. The van der Waals surface area contributed by atoms with Gasteiger partial charge in [0.25, 0.3) is 0 Å². The molecule has 5 N–H and O–H groups in total. The maximum Gasteiger partial charge on any atom is 0.244 e. The van der Waals surface area contributed by atoms with E-state index < -0.39 is 29.7 Å². The van der Waals surface area contributed by atoms with Crippen molar-refractivity contribution in [3.8, 4) is 0 Å². The molecule has 0 unspecified atom stereocenters. The molecule has 0 spiro atoms. The van der Waals surface area contributed by atoms with E-state index in [4.69, 9.17) is 22.5 Å². The second-order valence-corrected chi connectivity index (χ2v) is 6.02. The van der Waals surface area contributed by atoms with Crippen molar-refractivity contribution in [2.24, 2.45) is 11.7 Å². The first kappa shape index (κ1) is 19.9. The molecule has 0 aliphatic carbocycles. The summed E-state index contributed by atoms with van der Waals surface area (Å²) in [4.78, 5) is 34.6. The van der Waals surface area contributed by atoms with Gasteiger partial charge in [-0.05, 0) is 43.9 Å². The van der Waals surface area contributed by atoms with Gasteiger partial charge < -0.3 is 11.1 Å². The van der Waals surface area contributed by atoms with Crippen molar-refractivity contribution in [2.45, 2.75) is 38.6 Å². The van der Waals surface area contributed by atoms with Crippen LogP contribution < -0.4 is 16.5 Å². The molecule has 24 heavy (non-hydrogen) atoms. The summed E-state index contributed by atoms with van der Waals surface area (Å²) in [7, 11) is 0. The molecular formula is C16H22ClN3O4. The molecule has 132 valence electrons. The highest BCUT2D eigenvalue weighted by Gasteiger charge is 2.24. The third-order valence-electron chi connectivity index (χ3n) is 3.64. The summed E-state index contributed by atoms with van der Waals surface area (Å²) < 4.78 is 0. The Morgan fingerprint density at radius 2 is 1.88 bits per heavy atom. The van der Waals surface area contributed by atoms with Crippen molar-refractivity contribution < 1.29 is 19.6 Å². The SMILES string of the molecule is C[C@H](NC(=O)[C@H](CCCc1ccc(Cl)cc1)CC(=O)NO)C(N)=O. The predicted molar refractivity (Wildman–Crippen MR) is 89.2 cm³/mol. The van der Waals surface area contributed by atoms with E-state index in [1.165, 1.54) is 12.4 Å². The zero-order chi connectivity index (χ0) is 18.1. The molecule has 7 nitrogen and oxygen atoms in total. The van der Waals surface area contributed by atoms with E-state index in [1.807, 2.05) is 12.1 Å². The van der Waals surface area contributed by atoms with E-state index in [0.29, 0.717) is 24.3 Å². The molecule has 0 aliphatic rings. The van der Waals surface area contributed by atoms with Crippen molar-refractivity contribution in [1.82, 2.24) is 10.8 Å². The topological polar surface area (TPSA) is 122 Å². The average molecular weight is 356 g/mol. The molecule has 0 bridgehead atoms. The van der Waals surface area contributed by atoms with Crippen molar-refractivity contribution in [3.63, 3.8) is 0 Å². The molecule has 8 heteroatoms. The van der Waals surface area contributed by atoms with E-state index in [9.17, 15) is 14.4 Å². The summed E-state index contributed by atoms with van der Waals surface area (Å²) in [5, 5.41) is 11.8. The predicted octanol–water partition coefficient (Wildman–Crippen LogP) is 1.16. The van der Waals surface area contributed by atoms with Gasteiger partial charge in [0, 0.05) is 17.4 Å². The first-order chi connectivity index (χ1) is 11.3. The Morgan fingerprint density at radius 1 is 1.25 bits per heavy atom. The lowest BCUT2D eigenvalue weighted by atomic mass is 9.95. The number of carbonyl (C=O) groups excluding carboxylic acids is 3. The molecule has 0 aromatic heterocycles. The van der Waals surface area contributed by atoms with Gasteiger partial charge in [0.2, 0.25) is 17.7 Å². The van der Waals surface area contributed by atoms with Crippen LogP contribution in [0.5, 0.6) is 0 Å². The number of benzene rings is 1. The van der Waals surface area contributed by atoms with E-state index in [1.54, 1.807) is 12.1 Å². The number of rotatable bonds is 9. The fourth-order valence-corrected chi connectivity index (χ4v) is 2.33. The fourth-order valence-electron chi connectivity index (χ4n) is 2.20. The summed E-state index contributed by atoms with van der Waals surface area (Å²) in [6, 6.07) is 6.54. The molecule has 1 aromatic rings. The summed E-state index contributed by atoms with van der Waals surface area (Å²) in [6.07, 6.45) is 1.62. The number of primary amides is 1. The highest BCUT2D eigenvalue weighted by atomic mass is 35.5. The molecule has 1 aromatic carbocycles. The Hall–Kier alpha value is -2.12. The second kappa shape index (κ2) is 9.89. The maximum absolute atomic E-state index is 12.2. The van der Waals surface area contributed by atoms with Crippen LogP contribution in [0.2, 0.25) is 5.02 Å². The fraction of sp³-hybridized carbons (Fsp3) is 0.438. The van der Waals surface area contributed by atoms with Crippen molar-refractivity contribution in [1.29, 1.82) is 0 Å². The number of amides is 3. The van der Waals surface area contributed by atoms with Crippen molar-refractivity contribution in [2.75, 3.05) is 0 Å². The highest BCUT2D eigenvalue weighted by molar-refractivity contribution is 6.30. The number of halogens is 1. The number of nitrogens with two attached hydrogens (primary N) is 1. The van der Waals surface area contributed by atoms with Crippen LogP contribution in [0, 0.1) is 5.92 Å². The Bertz CT molecular complexity index is 577. The molecule has 0 radical (unpaired) electrons. The van der Waals surface area contributed by atoms with Gasteiger partial charge in [-0.25, -0.2) is 5.48 Å². The first-order valence-corrected chi connectivity index (χ1v) is 7.98. The van der Waals surface area contributed by atoms with Crippen molar-refractivity contribution in [3.05, 3.63) is 34.9 Å². The molecule has 1 rings (SSSR count). The largest absolute Gasteiger partial charge is 0.368 e. The molecular weight excluding hydrogens is 334 g/mol. The van der Waals surface area contributed by atoms with Crippen molar-refractivity contribution >= 4 is 29.3 Å². The van der Waals surface area contributed by atoms with Crippen LogP contribution in [0.15, 0.2) is 24.3 Å². The quantitative estimate of drug-likeness (QED) is 0.392. The average Bonchev–Trinajstić information content (AvgIpc) is 2.55. The molecule has 0 saturated carbocycles. The number of nitrogens with one attached hydrogen (secondary N) is 2. The number of hydroxylamine groups is 1. The Balaban J connectivity index is 2.60. The summed E-state index contributed by atoms with van der Waals surface area (Å²) in [6.45, 7) is 1.47. The summed E-state index contributed by atoms with van der Waals surface area (Å²) in [5.74, 6) is -2.42. The smallest absolute Gasteiger partial charge is 0.244 e. The highest BCUT2D eigenvalue weighted by Crippen LogP contribution is 2.16. The van der Waals surface area contributed by atoms with Gasteiger partial charge in [0.15, 0.2) is 0 Å². The second-order valence-electron chi connectivity index (χ2n) is 5.59. The minimum Gasteiger partial charge on any atom is -0.368 e. The van der Waals surface area contributed by atoms with Crippen LogP contribution in [-0.2, 0) is 20.8 Å². The number of hydrogen-bond acceptors (Lipinski definition) is 4. The number of hydrogen-bond donors (Lipinski definition) is 4. The molecule has 3 amide bonds. The number of carbonyl (C=O) groups is 3. The van der Waals surface area contributed by atoms with Crippen LogP contribution in [0.3, 0.4) is 0 Å². The standard InChI is InChI=1S/C16H22ClN3O4/c1-10(15(18)22)19-16(23)12(9-14(21)20-24)4-2-3-11-5-7-13(17)8-6-11/h5-8,10,12,24H,2-4,9H2,1H3,(H2,18,22)(H,19,23)(H,20,21)/t10-,12+/m0/s1. The van der Waals surface area contributed by atoms with Crippen LogP contribution in [0.1, 0.15) is 31.7 Å². The van der Waals surface area contributed by atoms with Crippen LogP contribution >= 0.6 is 11.6 Å². The van der Waals surface area contributed by atoms with Crippen LogP contribution in [0.4, 0.5) is 0 Å². The lowest BCUT2D eigenvalue weighted by Crippen LogP contribution is -2.45. The monoisotopic (exact) mass is 355 g/mol. The summed E-state index contributed by atoms with van der Waals surface area (Å²) >= 11 is 5.83. The number of aryl methyl sites for hydroxylation is 1. The van der Waals surface area contributed by atoms with Crippen LogP contribution in [0.25, 0.3) is 0 Å². The van der Waals surface area contributed by atoms with E-state index in [2.05, 4.69) is 5.32 Å². The van der Waals surface area contributed by atoms with E-state index >= 15 is 0 Å². The van der Waals surface area contributed by atoms with E-state index in [-0.39, 0.29) is 6.42 Å². The van der Waals surface area contributed by atoms with Gasteiger partial charge in [-0.15, -0.1) is 0 Å². The molecule has 0 fully saturated rings. The zero-order valence-electron chi connectivity index (χ0n) is 13.4.